The molecule has 0 saturated heterocycles. The highest BCUT2D eigenvalue weighted by Crippen LogP contribution is 2.29. The van der Waals surface area contributed by atoms with Gasteiger partial charge in [0, 0.05) is 22.0 Å². The molecule has 0 aliphatic rings. The Bertz CT molecular complexity index is 586. The fraction of sp³-hybridized carbons (Fsp3) is 0.143. The number of non-ortho nitro benzene ring substituents is 1. The summed E-state index contributed by atoms with van der Waals surface area (Å²) in [4.78, 5) is 10.3. The molecule has 0 saturated carbocycles. The summed E-state index contributed by atoms with van der Waals surface area (Å²) in [5.41, 5.74) is 2.23. The summed E-state index contributed by atoms with van der Waals surface area (Å²) in [6.07, 6.45) is 0.748. The monoisotopic (exact) mass is 339 g/mol. The van der Waals surface area contributed by atoms with E-state index in [2.05, 4.69) is 15.9 Å². The summed E-state index contributed by atoms with van der Waals surface area (Å²) in [5, 5.41) is 11.3. The third kappa shape index (κ3) is 3.78. The van der Waals surface area contributed by atoms with E-state index in [0.717, 1.165) is 17.5 Å². The molecule has 1 atom stereocenters. The topological polar surface area (TPSA) is 43.1 Å². The minimum absolute atomic E-state index is 0.109. The van der Waals surface area contributed by atoms with Gasteiger partial charge < -0.3 is 0 Å². The Morgan fingerprint density at radius 3 is 2.47 bits per heavy atom. The van der Waals surface area contributed by atoms with E-state index in [1.54, 1.807) is 12.1 Å². The van der Waals surface area contributed by atoms with Gasteiger partial charge in [-0.3, -0.25) is 10.1 Å². The molecule has 0 aromatic heterocycles. The lowest BCUT2D eigenvalue weighted by molar-refractivity contribution is -0.384. The molecule has 98 valence electrons. The highest BCUT2D eigenvalue weighted by atomic mass is 79.9. The van der Waals surface area contributed by atoms with Crippen LogP contribution in [0.25, 0.3) is 0 Å². The van der Waals surface area contributed by atoms with E-state index in [1.165, 1.54) is 12.1 Å². The predicted molar refractivity (Wildman–Crippen MR) is 79.9 cm³/mol. The SMILES string of the molecule is O=[N+]([O-])c1ccc(CC(Br)c2cccc(Cl)c2)cc1. The van der Waals surface area contributed by atoms with E-state index in [4.69, 9.17) is 11.6 Å². The van der Waals surface area contributed by atoms with Gasteiger partial charge in [0.25, 0.3) is 5.69 Å². The lowest BCUT2D eigenvalue weighted by Gasteiger charge is -2.10. The molecule has 0 aliphatic heterocycles. The first-order valence-corrected chi connectivity index (χ1v) is 6.98. The first-order valence-electron chi connectivity index (χ1n) is 5.69. The van der Waals surface area contributed by atoms with Gasteiger partial charge in [-0.1, -0.05) is 51.8 Å². The van der Waals surface area contributed by atoms with Crippen molar-refractivity contribution in [3.8, 4) is 0 Å². The summed E-state index contributed by atoms with van der Waals surface area (Å²) in [5.74, 6) is 0. The summed E-state index contributed by atoms with van der Waals surface area (Å²) in [6.45, 7) is 0. The molecule has 1 unspecified atom stereocenters. The van der Waals surface area contributed by atoms with Crippen LogP contribution in [0.4, 0.5) is 5.69 Å². The van der Waals surface area contributed by atoms with Crippen molar-refractivity contribution < 1.29 is 4.92 Å². The summed E-state index contributed by atoms with van der Waals surface area (Å²) < 4.78 is 0. The zero-order chi connectivity index (χ0) is 13.8. The zero-order valence-electron chi connectivity index (χ0n) is 9.92. The molecule has 2 aromatic rings. The first kappa shape index (κ1) is 14.0. The third-order valence-corrected chi connectivity index (χ3v) is 3.86. The number of rotatable bonds is 4. The first-order chi connectivity index (χ1) is 9.06. The molecule has 2 rings (SSSR count). The fourth-order valence-corrected chi connectivity index (χ4v) is 2.64. The second-order valence-electron chi connectivity index (χ2n) is 4.15. The summed E-state index contributed by atoms with van der Waals surface area (Å²) in [6, 6.07) is 14.2. The smallest absolute Gasteiger partial charge is 0.258 e. The van der Waals surface area contributed by atoms with E-state index >= 15 is 0 Å². The third-order valence-electron chi connectivity index (χ3n) is 2.77. The molecule has 0 fully saturated rings. The van der Waals surface area contributed by atoms with Crippen molar-refractivity contribution >= 4 is 33.2 Å². The van der Waals surface area contributed by atoms with Gasteiger partial charge in [0.2, 0.25) is 0 Å². The van der Waals surface area contributed by atoms with Crippen LogP contribution >= 0.6 is 27.5 Å². The van der Waals surface area contributed by atoms with Crippen LogP contribution in [0.5, 0.6) is 0 Å². The highest BCUT2D eigenvalue weighted by molar-refractivity contribution is 9.09. The van der Waals surface area contributed by atoms with E-state index in [0.29, 0.717) is 5.02 Å². The minimum atomic E-state index is -0.396. The molecule has 0 radical (unpaired) electrons. The van der Waals surface area contributed by atoms with Gasteiger partial charge in [0.1, 0.15) is 0 Å². The van der Waals surface area contributed by atoms with Gasteiger partial charge in [0.15, 0.2) is 0 Å². The Kier molecular flexibility index (Phi) is 4.56. The van der Waals surface area contributed by atoms with Gasteiger partial charge in [-0.15, -0.1) is 0 Å². The van der Waals surface area contributed by atoms with Crippen LogP contribution in [-0.4, -0.2) is 4.92 Å². The standard InChI is InChI=1S/C14H11BrClNO2/c15-14(11-2-1-3-12(16)9-11)8-10-4-6-13(7-5-10)17(18)19/h1-7,9,14H,8H2. The maximum Gasteiger partial charge on any atom is 0.269 e. The van der Waals surface area contributed by atoms with Crippen molar-refractivity contribution in [2.24, 2.45) is 0 Å². The van der Waals surface area contributed by atoms with Crippen LogP contribution in [0, 0.1) is 10.1 Å². The summed E-state index contributed by atoms with van der Waals surface area (Å²) >= 11 is 9.56. The largest absolute Gasteiger partial charge is 0.269 e. The minimum Gasteiger partial charge on any atom is -0.258 e. The van der Waals surface area contributed by atoms with E-state index < -0.39 is 4.92 Å². The van der Waals surface area contributed by atoms with Crippen molar-refractivity contribution in [3.05, 3.63) is 74.8 Å². The van der Waals surface area contributed by atoms with Crippen molar-refractivity contribution in [1.29, 1.82) is 0 Å². The zero-order valence-corrected chi connectivity index (χ0v) is 12.3. The molecular weight excluding hydrogens is 330 g/mol. The van der Waals surface area contributed by atoms with Crippen LogP contribution in [-0.2, 0) is 6.42 Å². The van der Waals surface area contributed by atoms with Crippen molar-refractivity contribution in [2.75, 3.05) is 0 Å². The number of benzene rings is 2. The molecule has 5 heteroatoms. The lowest BCUT2D eigenvalue weighted by atomic mass is 10.0. The van der Waals surface area contributed by atoms with Gasteiger partial charge >= 0.3 is 0 Å². The Morgan fingerprint density at radius 2 is 1.89 bits per heavy atom. The molecule has 0 amide bonds. The predicted octanol–water partition coefficient (Wildman–Crippen LogP) is 4.93. The molecular formula is C14H11BrClNO2. The molecule has 0 spiro atoms. The van der Waals surface area contributed by atoms with Crippen molar-refractivity contribution in [2.45, 2.75) is 11.2 Å². The normalized spacial score (nSPS) is 12.1. The molecule has 19 heavy (non-hydrogen) atoms. The number of hydrogen-bond donors (Lipinski definition) is 0. The number of alkyl halides is 1. The maximum atomic E-state index is 10.6. The Hall–Kier alpha value is -1.39. The van der Waals surface area contributed by atoms with Crippen molar-refractivity contribution in [3.63, 3.8) is 0 Å². The Labute approximate surface area is 124 Å². The van der Waals surface area contributed by atoms with Crippen LogP contribution in [0.2, 0.25) is 5.02 Å². The number of nitro groups is 1. The van der Waals surface area contributed by atoms with Gasteiger partial charge in [-0.05, 0) is 29.7 Å². The van der Waals surface area contributed by atoms with Crippen LogP contribution < -0.4 is 0 Å². The second kappa shape index (κ2) is 6.17. The average Bonchev–Trinajstić information content (AvgIpc) is 2.39. The molecule has 2 aromatic carbocycles. The van der Waals surface area contributed by atoms with Gasteiger partial charge in [0.05, 0.1) is 4.92 Å². The second-order valence-corrected chi connectivity index (χ2v) is 5.69. The number of hydrogen-bond acceptors (Lipinski definition) is 2. The summed E-state index contributed by atoms with van der Waals surface area (Å²) in [7, 11) is 0. The highest BCUT2D eigenvalue weighted by Gasteiger charge is 2.10. The van der Waals surface area contributed by atoms with Crippen LogP contribution in [0.1, 0.15) is 16.0 Å². The quantitative estimate of drug-likeness (QED) is 0.450. The fourth-order valence-electron chi connectivity index (χ4n) is 1.78. The van der Waals surface area contributed by atoms with Gasteiger partial charge in [-0.25, -0.2) is 0 Å². The van der Waals surface area contributed by atoms with Gasteiger partial charge in [-0.2, -0.15) is 0 Å². The molecule has 3 nitrogen and oxygen atoms in total. The van der Waals surface area contributed by atoms with E-state index in [-0.39, 0.29) is 10.5 Å². The van der Waals surface area contributed by atoms with Crippen LogP contribution in [0.3, 0.4) is 0 Å². The van der Waals surface area contributed by atoms with E-state index in [1.807, 2.05) is 24.3 Å². The van der Waals surface area contributed by atoms with Crippen molar-refractivity contribution in [1.82, 2.24) is 0 Å². The average molecular weight is 341 g/mol. The number of halogens is 2. The molecule has 0 bridgehead atoms. The lowest BCUT2D eigenvalue weighted by Crippen LogP contribution is -1.96. The number of nitrogens with zero attached hydrogens (tertiary/aromatic N) is 1. The Morgan fingerprint density at radius 1 is 1.21 bits per heavy atom. The maximum absolute atomic E-state index is 10.6. The molecule has 0 aliphatic carbocycles. The Balaban J connectivity index is 2.10. The molecule has 0 N–H and O–H groups in total. The number of nitro benzene ring substituents is 1. The van der Waals surface area contributed by atoms with E-state index in [9.17, 15) is 10.1 Å². The van der Waals surface area contributed by atoms with Crippen LogP contribution in [0.15, 0.2) is 48.5 Å². The molecule has 0 heterocycles.